The summed E-state index contributed by atoms with van der Waals surface area (Å²) in [6.45, 7) is 4.51. The molecule has 0 radical (unpaired) electrons. The lowest BCUT2D eigenvalue weighted by Crippen LogP contribution is -2.13. The molecule has 1 aliphatic rings. The predicted octanol–water partition coefficient (Wildman–Crippen LogP) is 11.3. The first-order chi connectivity index (χ1) is 19.1. The average molecular weight is 534 g/mol. The van der Waals surface area contributed by atoms with Gasteiger partial charge in [-0.25, -0.2) is 4.39 Å². The minimum atomic E-state index is -0.275. The lowest BCUT2D eigenvalue weighted by molar-refractivity contribution is 0.302. The molecular weight excluding hydrogens is 481 g/mol. The van der Waals surface area contributed by atoms with Gasteiger partial charge in [-0.1, -0.05) is 115 Å². The van der Waals surface area contributed by atoms with E-state index in [-0.39, 0.29) is 11.6 Å². The molecule has 2 nitrogen and oxygen atoms in total. The van der Waals surface area contributed by atoms with Crippen molar-refractivity contribution in [2.24, 2.45) is 5.92 Å². The van der Waals surface area contributed by atoms with Crippen molar-refractivity contribution in [2.75, 3.05) is 7.11 Å². The van der Waals surface area contributed by atoms with E-state index in [0.717, 1.165) is 30.7 Å². The average Bonchev–Trinajstić information content (AvgIpc) is 2.97. The number of benzene rings is 2. The van der Waals surface area contributed by atoms with Crippen LogP contribution in [-0.2, 0) is 6.42 Å². The summed E-state index contributed by atoms with van der Waals surface area (Å²) in [5, 5.41) is 10.0. The summed E-state index contributed by atoms with van der Waals surface area (Å²) in [4.78, 5) is 0. The Balaban J connectivity index is 1.62. The molecule has 0 spiro atoms. The first-order valence-corrected chi connectivity index (χ1v) is 16.0. The number of hydrogen-bond acceptors (Lipinski definition) is 2. The molecule has 1 saturated carbocycles. The highest BCUT2D eigenvalue weighted by Gasteiger charge is 2.24. The van der Waals surface area contributed by atoms with Gasteiger partial charge in [-0.3, -0.25) is 0 Å². The Morgan fingerprint density at radius 1 is 0.795 bits per heavy atom. The van der Waals surface area contributed by atoms with Crippen molar-refractivity contribution in [1.29, 1.82) is 5.26 Å². The van der Waals surface area contributed by atoms with Crippen LogP contribution in [0.25, 0.3) is 11.1 Å². The first kappa shape index (κ1) is 31.2. The second-order valence-electron chi connectivity index (χ2n) is 11.8. The lowest BCUT2D eigenvalue weighted by Gasteiger charge is -2.29. The van der Waals surface area contributed by atoms with Gasteiger partial charge in [-0.2, -0.15) is 5.26 Å². The maximum Gasteiger partial charge on any atom is 0.168 e. The van der Waals surface area contributed by atoms with Gasteiger partial charge in [-0.05, 0) is 67.6 Å². The third-order valence-electron chi connectivity index (χ3n) is 8.92. The SMILES string of the molecule is CCCCCCCCCCc1ccc(-c2ccc(C3CCC(CCCCCC)CC3)cc2C#N)c(OC)c1F. The molecule has 0 N–H and O–H groups in total. The van der Waals surface area contributed by atoms with Gasteiger partial charge in [0.2, 0.25) is 0 Å². The Hall–Kier alpha value is -2.34. The van der Waals surface area contributed by atoms with Crippen molar-refractivity contribution >= 4 is 0 Å². The quantitative estimate of drug-likeness (QED) is 0.189. The Morgan fingerprint density at radius 3 is 2.05 bits per heavy atom. The Bertz CT molecular complexity index is 1030. The largest absolute Gasteiger partial charge is 0.493 e. The molecule has 0 aromatic heterocycles. The third-order valence-corrected chi connectivity index (χ3v) is 8.92. The standard InChI is InChI=1S/C36H52FNO/c1-4-6-8-10-11-12-13-15-17-30-22-25-34(36(39-3)35(30)37)33-24-23-31(26-32(33)27-38)29-20-18-28(19-21-29)16-14-9-7-5-2/h22-26,28-29H,4-21H2,1-3H3. The summed E-state index contributed by atoms with van der Waals surface area (Å²) in [6.07, 6.45) is 22.3. The molecule has 0 aliphatic heterocycles. The fourth-order valence-corrected chi connectivity index (χ4v) is 6.44. The predicted molar refractivity (Wildman–Crippen MR) is 163 cm³/mol. The van der Waals surface area contributed by atoms with Gasteiger partial charge in [0.05, 0.1) is 18.7 Å². The van der Waals surface area contributed by atoms with Crippen LogP contribution < -0.4 is 4.74 Å². The number of halogens is 1. The lowest BCUT2D eigenvalue weighted by atomic mass is 9.76. The van der Waals surface area contributed by atoms with E-state index in [1.54, 1.807) is 0 Å². The van der Waals surface area contributed by atoms with Crippen LogP contribution in [0.1, 0.15) is 146 Å². The molecule has 0 amide bonds. The van der Waals surface area contributed by atoms with Crippen LogP contribution in [0.15, 0.2) is 30.3 Å². The second kappa shape index (κ2) is 17.4. The highest BCUT2D eigenvalue weighted by Crippen LogP contribution is 2.41. The van der Waals surface area contributed by atoms with E-state index in [1.165, 1.54) is 109 Å². The zero-order valence-electron chi connectivity index (χ0n) is 25.0. The number of nitrogens with zero attached hydrogens (tertiary/aromatic N) is 1. The molecule has 0 saturated heterocycles. The summed E-state index contributed by atoms with van der Waals surface area (Å²) < 4.78 is 21.1. The van der Waals surface area contributed by atoms with E-state index in [1.807, 2.05) is 24.3 Å². The highest BCUT2D eigenvalue weighted by molar-refractivity contribution is 5.77. The van der Waals surface area contributed by atoms with Crippen molar-refractivity contribution in [3.63, 3.8) is 0 Å². The smallest absolute Gasteiger partial charge is 0.168 e. The molecule has 3 heteroatoms. The normalized spacial score (nSPS) is 17.2. The molecule has 0 heterocycles. The third kappa shape index (κ3) is 9.37. The van der Waals surface area contributed by atoms with Gasteiger partial charge in [0, 0.05) is 11.1 Å². The topological polar surface area (TPSA) is 33.0 Å². The molecular formula is C36H52FNO. The van der Waals surface area contributed by atoms with Crippen LogP contribution in [0.2, 0.25) is 0 Å². The van der Waals surface area contributed by atoms with Gasteiger partial charge in [-0.15, -0.1) is 0 Å². The van der Waals surface area contributed by atoms with E-state index < -0.39 is 0 Å². The van der Waals surface area contributed by atoms with Crippen LogP contribution in [0.4, 0.5) is 4.39 Å². The molecule has 1 aliphatic carbocycles. The Labute approximate surface area is 238 Å². The van der Waals surface area contributed by atoms with Gasteiger partial charge in [0.1, 0.15) is 0 Å². The van der Waals surface area contributed by atoms with Crippen LogP contribution >= 0.6 is 0 Å². The summed E-state index contributed by atoms with van der Waals surface area (Å²) in [5.41, 5.74) is 4.02. The van der Waals surface area contributed by atoms with Gasteiger partial charge in [0.15, 0.2) is 11.6 Å². The van der Waals surface area contributed by atoms with Crippen molar-refractivity contribution in [2.45, 2.75) is 135 Å². The maximum atomic E-state index is 15.5. The summed E-state index contributed by atoms with van der Waals surface area (Å²) in [5.74, 6) is 1.37. The van der Waals surface area contributed by atoms with Gasteiger partial charge < -0.3 is 4.74 Å². The molecule has 0 unspecified atom stereocenters. The van der Waals surface area contributed by atoms with E-state index in [2.05, 4.69) is 26.0 Å². The molecule has 39 heavy (non-hydrogen) atoms. The second-order valence-corrected chi connectivity index (χ2v) is 11.8. The molecule has 1 fully saturated rings. The zero-order chi connectivity index (χ0) is 27.9. The van der Waals surface area contributed by atoms with Gasteiger partial charge in [0.25, 0.3) is 0 Å². The van der Waals surface area contributed by atoms with Crippen molar-refractivity contribution in [1.82, 2.24) is 0 Å². The number of unbranched alkanes of at least 4 members (excludes halogenated alkanes) is 10. The van der Waals surface area contributed by atoms with Crippen LogP contribution in [0.5, 0.6) is 5.75 Å². The number of nitriles is 1. The van der Waals surface area contributed by atoms with Crippen LogP contribution in [0.3, 0.4) is 0 Å². The number of rotatable bonds is 17. The Kier molecular flexibility index (Phi) is 13.9. The fraction of sp³-hybridized carbons (Fsp3) is 0.639. The van der Waals surface area contributed by atoms with Crippen molar-refractivity contribution < 1.29 is 9.13 Å². The molecule has 0 bridgehead atoms. The summed E-state index contributed by atoms with van der Waals surface area (Å²) in [6, 6.07) is 12.5. The van der Waals surface area contributed by atoms with Crippen LogP contribution in [-0.4, -0.2) is 7.11 Å². The molecule has 214 valence electrons. The van der Waals surface area contributed by atoms with Crippen molar-refractivity contribution in [3.05, 3.63) is 52.8 Å². The monoisotopic (exact) mass is 533 g/mol. The highest BCUT2D eigenvalue weighted by atomic mass is 19.1. The summed E-state index contributed by atoms with van der Waals surface area (Å²) in [7, 11) is 1.53. The van der Waals surface area contributed by atoms with E-state index in [9.17, 15) is 5.26 Å². The Morgan fingerprint density at radius 2 is 1.41 bits per heavy atom. The molecule has 2 aromatic rings. The number of hydrogen-bond donors (Lipinski definition) is 0. The molecule has 0 atom stereocenters. The minimum absolute atomic E-state index is 0.264. The number of ether oxygens (including phenoxy) is 1. The fourth-order valence-electron chi connectivity index (χ4n) is 6.44. The first-order valence-electron chi connectivity index (χ1n) is 16.0. The zero-order valence-corrected chi connectivity index (χ0v) is 25.0. The number of methoxy groups -OCH3 is 1. The van der Waals surface area contributed by atoms with E-state index >= 15 is 4.39 Å². The summed E-state index contributed by atoms with van der Waals surface area (Å²) >= 11 is 0. The van der Waals surface area contributed by atoms with Gasteiger partial charge >= 0.3 is 0 Å². The number of aryl methyl sites for hydroxylation is 1. The van der Waals surface area contributed by atoms with E-state index in [0.29, 0.717) is 22.6 Å². The maximum absolute atomic E-state index is 15.5. The minimum Gasteiger partial charge on any atom is -0.493 e. The van der Waals surface area contributed by atoms with E-state index in [4.69, 9.17) is 4.74 Å². The molecule has 2 aromatic carbocycles. The van der Waals surface area contributed by atoms with Crippen LogP contribution in [0, 0.1) is 23.1 Å². The molecule has 3 rings (SSSR count). The van der Waals surface area contributed by atoms with Crippen molar-refractivity contribution in [3.8, 4) is 22.9 Å².